The van der Waals surface area contributed by atoms with Crippen molar-refractivity contribution < 1.29 is 4.79 Å². The second-order valence-corrected chi connectivity index (χ2v) is 6.65. The number of benzene rings is 2. The lowest BCUT2D eigenvalue weighted by Gasteiger charge is -2.12. The lowest BCUT2D eigenvalue weighted by molar-refractivity contribution is 0.102. The first-order chi connectivity index (χ1) is 13.1. The zero-order valence-corrected chi connectivity index (χ0v) is 15.5. The molecule has 4 aromatic rings. The van der Waals surface area contributed by atoms with Crippen LogP contribution in [0.15, 0.2) is 73.1 Å². The first kappa shape index (κ1) is 17.5. The number of hydrogen-bond acceptors (Lipinski definition) is 3. The summed E-state index contributed by atoms with van der Waals surface area (Å²) in [6.07, 6.45) is 3.41. The molecule has 0 fully saturated rings. The summed E-state index contributed by atoms with van der Waals surface area (Å²) in [4.78, 5) is 21.8. The Hall–Kier alpha value is -2.95. The summed E-state index contributed by atoms with van der Waals surface area (Å²) in [6.45, 7) is 0. The van der Waals surface area contributed by atoms with Gasteiger partial charge in [0.25, 0.3) is 5.91 Å². The van der Waals surface area contributed by atoms with Gasteiger partial charge in [0.2, 0.25) is 0 Å². The third-order valence-electron chi connectivity index (χ3n) is 4.12. The monoisotopic (exact) mass is 393 g/mol. The Bertz CT molecular complexity index is 1150. The number of pyridine rings is 2. The van der Waals surface area contributed by atoms with Crippen molar-refractivity contribution in [1.29, 1.82) is 0 Å². The van der Waals surface area contributed by atoms with Crippen LogP contribution in [0.2, 0.25) is 10.0 Å². The van der Waals surface area contributed by atoms with Crippen LogP contribution in [-0.4, -0.2) is 15.9 Å². The largest absolute Gasteiger partial charge is 0.321 e. The van der Waals surface area contributed by atoms with Crippen LogP contribution in [0, 0.1) is 0 Å². The number of fused-ring (bicyclic) bond motifs is 1. The van der Waals surface area contributed by atoms with E-state index >= 15 is 0 Å². The molecule has 0 spiro atoms. The number of amides is 1. The van der Waals surface area contributed by atoms with E-state index < -0.39 is 0 Å². The van der Waals surface area contributed by atoms with E-state index in [1.54, 1.807) is 36.7 Å². The van der Waals surface area contributed by atoms with Crippen LogP contribution >= 0.6 is 23.2 Å². The third kappa shape index (κ3) is 3.50. The molecule has 6 heteroatoms. The number of nitrogens with zero attached hydrogens (tertiary/aromatic N) is 2. The molecule has 0 saturated carbocycles. The number of anilines is 1. The normalized spacial score (nSPS) is 10.7. The maximum Gasteiger partial charge on any atom is 0.256 e. The first-order valence-corrected chi connectivity index (χ1v) is 8.94. The van der Waals surface area contributed by atoms with Gasteiger partial charge in [-0.1, -0.05) is 47.5 Å². The Labute approximate surface area is 165 Å². The van der Waals surface area contributed by atoms with Gasteiger partial charge in [0.05, 0.1) is 32.5 Å². The van der Waals surface area contributed by atoms with E-state index in [-0.39, 0.29) is 5.91 Å². The fourth-order valence-corrected chi connectivity index (χ4v) is 3.16. The molecule has 1 amide bonds. The Morgan fingerprint density at radius 1 is 0.963 bits per heavy atom. The van der Waals surface area contributed by atoms with E-state index in [2.05, 4.69) is 15.3 Å². The fourth-order valence-electron chi connectivity index (χ4n) is 2.82. The number of hydrogen-bond donors (Lipinski definition) is 1. The molecule has 1 N–H and O–H groups in total. The van der Waals surface area contributed by atoms with Gasteiger partial charge in [-0.05, 0) is 36.4 Å². The van der Waals surface area contributed by atoms with Crippen molar-refractivity contribution in [1.82, 2.24) is 9.97 Å². The smallest absolute Gasteiger partial charge is 0.256 e. The average Bonchev–Trinajstić information content (AvgIpc) is 2.71. The Morgan fingerprint density at radius 2 is 1.81 bits per heavy atom. The summed E-state index contributed by atoms with van der Waals surface area (Å²) in [5.41, 5.74) is 3.18. The molecular formula is C21H13Cl2N3O. The van der Waals surface area contributed by atoms with Crippen molar-refractivity contribution in [2.75, 3.05) is 5.32 Å². The van der Waals surface area contributed by atoms with Crippen molar-refractivity contribution in [3.05, 3.63) is 88.7 Å². The highest BCUT2D eigenvalue weighted by molar-refractivity contribution is 6.44. The van der Waals surface area contributed by atoms with Crippen molar-refractivity contribution in [3.8, 4) is 11.3 Å². The number of nitrogens with one attached hydrogen (secondary N) is 1. The van der Waals surface area contributed by atoms with Gasteiger partial charge in [-0.2, -0.15) is 0 Å². The summed E-state index contributed by atoms with van der Waals surface area (Å²) >= 11 is 12.2. The number of halogens is 2. The molecule has 0 saturated heterocycles. The highest BCUT2D eigenvalue weighted by Gasteiger charge is 2.16. The van der Waals surface area contributed by atoms with Gasteiger partial charge in [0.15, 0.2) is 0 Å². The molecular weight excluding hydrogens is 381 g/mol. The quantitative estimate of drug-likeness (QED) is 0.474. The molecule has 0 aliphatic carbocycles. The van der Waals surface area contributed by atoms with Crippen molar-refractivity contribution in [2.45, 2.75) is 0 Å². The van der Waals surface area contributed by atoms with Crippen LogP contribution in [-0.2, 0) is 0 Å². The molecule has 132 valence electrons. The van der Waals surface area contributed by atoms with Gasteiger partial charge in [-0.25, -0.2) is 4.98 Å². The minimum absolute atomic E-state index is 0.289. The molecule has 27 heavy (non-hydrogen) atoms. The molecule has 0 bridgehead atoms. The topological polar surface area (TPSA) is 54.9 Å². The second-order valence-electron chi connectivity index (χ2n) is 5.87. The third-order valence-corrected chi connectivity index (χ3v) is 4.94. The maximum absolute atomic E-state index is 13.0. The summed E-state index contributed by atoms with van der Waals surface area (Å²) in [7, 11) is 0. The summed E-state index contributed by atoms with van der Waals surface area (Å²) in [5.74, 6) is -0.289. The van der Waals surface area contributed by atoms with Crippen LogP contribution in [0.25, 0.3) is 22.2 Å². The van der Waals surface area contributed by atoms with Crippen LogP contribution in [0.4, 0.5) is 5.69 Å². The van der Waals surface area contributed by atoms with Crippen molar-refractivity contribution >= 4 is 45.7 Å². The van der Waals surface area contributed by atoms with Gasteiger partial charge >= 0.3 is 0 Å². The molecule has 2 aromatic carbocycles. The lowest BCUT2D eigenvalue weighted by Crippen LogP contribution is -2.13. The van der Waals surface area contributed by atoms with E-state index in [9.17, 15) is 4.79 Å². The minimum Gasteiger partial charge on any atom is -0.321 e. The molecule has 0 atom stereocenters. The molecule has 4 rings (SSSR count). The summed E-state index contributed by atoms with van der Waals surface area (Å²) in [6, 6.07) is 18.1. The summed E-state index contributed by atoms with van der Waals surface area (Å²) < 4.78 is 0. The Balaban J connectivity index is 1.82. The second kappa shape index (κ2) is 7.35. The van der Waals surface area contributed by atoms with Crippen LogP contribution in [0.5, 0.6) is 0 Å². The van der Waals surface area contributed by atoms with Gasteiger partial charge in [0.1, 0.15) is 0 Å². The number of rotatable bonds is 3. The first-order valence-electron chi connectivity index (χ1n) is 8.19. The fraction of sp³-hybridized carbons (Fsp3) is 0. The SMILES string of the molecule is O=C(Nc1cccc(Cl)c1Cl)c1cc(-c2cccnc2)nc2ccccc12. The Kier molecular flexibility index (Phi) is 4.75. The predicted molar refractivity (Wildman–Crippen MR) is 109 cm³/mol. The number of para-hydroxylation sites is 1. The van der Waals surface area contributed by atoms with E-state index in [4.69, 9.17) is 23.2 Å². The molecule has 0 radical (unpaired) electrons. The zero-order valence-electron chi connectivity index (χ0n) is 14.0. The lowest BCUT2D eigenvalue weighted by atomic mass is 10.0. The predicted octanol–water partition coefficient (Wildman–Crippen LogP) is 5.86. The van der Waals surface area contributed by atoms with Crippen molar-refractivity contribution in [2.24, 2.45) is 0 Å². The zero-order chi connectivity index (χ0) is 18.8. The highest BCUT2D eigenvalue weighted by atomic mass is 35.5. The minimum atomic E-state index is -0.289. The van der Waals surface area contributed by atoms with E-state index in [1.165, 1.54) is 0 Å². The van der Waals surface area contributed by atoms with Crippen molar-refractivity contribution in [3.63, 3.8) is 0 Å². The number of carbonyl (C=O) groups excluding carboxylic acids is 1. The summed E-state index contributed by atoms with van der Waals surface area (Å²) in [5, 5.41) is 4.27. The molecule has 0 unspecified atom stereocenters. The Morgan fingerprint density at radius 3 is 2.63 bits per heavy atom. The van der Waals surface area contributed by atoms with Crippen LogP contribution in [0.1, 0.15) is 10.4 Å². The molecule has 2 heterocycles. The van der Waals surface area contributed by atoms with E-state index in [1.807, 2.05) is 36.4 Å². The van der Waals surface area contributed by atoms with Gasteiger partial charge in [0, 0.05) is 23.3 Å². The molecule has 4 nitrogen and oxygen atoms in total. The van der Waals surface area contributed by atoms with Crippen LogP contribution in [0.3, 0.4) is 0 Å². The van der Waals surface area contributed by atoms with Gasteiger partial charge < -0.3 is 5.32 Å². The molecule has 0 aliphatic rings. The highest BCUT2D eigenvalue weighted by Crippen LogP contribution is 2.31. The molecule has 0 aliphatic heterocycles. The maximum atomic E-state index is 13.0. The molecule has 2 aromatic heterocycles. The van der Waals surface area contributed by atoms with E-state index in [0.29, 0.717) is 27.0 Å². The van der Waals surface area contributed by atoms with Gasteiger partial charge in [-0.3, -0.25) is 9.78 Å². The number of carbonyl (C=O) groups is 1. The number of aromatic nitrogens is 2. The van der Waals surface area contributed by atoms with Crippen LogP contribution < -0.4 is 5.32 Å². The standard InChI is InChI=1S/C21H13Cl2N3O/c22-16-7-3-9-18(20(16)23)26-21(27)15-11-19(13-5-4-10-24-12-13)25-17-8-2-1-6-14(15)17/h1-12H,(H,26,27). The average molecular weight is 394 g/mol. The van der Waals surface area contributed by atoms with E-state index in [0.717, 1.165) is 16.5 Å². The van der Waals surface area contributed by atoms with Gasteiger partial charge in [-0.15, -0.1) is 0 Å².